The van der Waals surface area contributed by atoms with Crippen LogP contribution in [0.1, 0.15) is 27.7 Å². The summed E-state index contributed by atoms with van der Waals surface area (Å²) in [7, 11) is -4.05. The smallest absolute Gasteiger partial charge is 0.321 e. The Morgan fingerprint density at radius 3 is 2.23 bits per heavy atom. The van der Waals surface area contributed by atoms with Crippen LogP contribution in [0, 0.1) is 5.92 Å². The van der Waals surface area contributed by atoms with Crippen molar-refractivity contribution in [2.75, 3.05) is 19.7 Å². The molecule has 0 saturated heterocycles. The minimum absolute atomic E-state index is 0.0156. The van der Waals surface area contributed by atoms with E-state index in [1.54, 1.807) is 0 Å². The van der Waals surface area contributed by atoms with E-state index in [2.05, 4.69) is 5.32 Å². The van der Waals surface area contributed by atoms with E-state index in [0.717, 1.165) is 4.31 Å². The lowest BCUT2D eigenvalue weighted by molar-refractivity contribution is -0.140. The quantitative estimate of drug-likeness (QED) is 0.627. The van der Waals surface area contributed by atoms with E-state index in [0.29, 0.717) is 18.3 Å². The highest BCUT2D eigenvalue weighted by atomic mass is 32.2. The topological polar surface area (TPSA) is 113 Å². The van der Waals surface area contributed by atoms with Gasteiger partial charge in [-0.2, -0.15) is 4.31 Å². The second-order valence-corrected chi connectivity index (χ2v) is 8.18. The van der Waals surface area contributed by atoms with Crippen LogP contribution in [0.3, 0.4) is 0 Å². The first-order valence-electron chi connectivity index (χ1n) is 8.27. The summed E-state index contributed by atoms with van der Waals surface area (Å²) in [4.78, 5) is 22.3. The Morgan fingerprint density at radius 2 is 1.77 bits per heavy atom. The Labute approximate surface area is 154 Å². The van der Waals surface area contributed by atoms with Crippen LogP contribution in [-0.4, -0.2) is 55.4 Å². The minimum atomic E-state index is -4.05. The van der Waals surface area contributed by atoms with Crippen molar-refractivity contribution < 1.29 is 27.9 Å². The Balaban J connectivity index is 3.02. The van der Waals surface area contributed by atoms with Crippen molar-refractivity contribution in [2.24, 2.45) is 5.92 Å². The molecule has 0 fully saturated rings. The van der Waals surface area contributed by atoms with E-state index in [4.69, 9.17) is 4.74 Å². The average Bonchev–Trinajstić information content (AvgIpc) is 2.56. The summed E-state index contributed by atoms with van der Waals surface area (Å²) in [6, 6.07) is 4.56. The Hall–Kier alpha value is -2.13. The number of carboxylic acids is 1. The van der Waals surface area contributed by atoms with Gasteiger partial charge in [-0.25, -0.2) is 8.42 Å². The summed E-state index contributed by atoms with van der Waals surface area (Å²) in [6.07, 6.45) is 0. The third-order valence-corrected chi connectivity index (χ3v) is 5.49. The molecule has 1 atom stereocenters. The zero-order valence-corrected chi connectivity index (χ0v) is 16.2. The third kappa shape index (κ3) is 6.30. The van der Waals surface area contributed by atoms with E-state index in [1.807, 2.05) is 13.8 Å². The Bertz CT molecular complexity index is 715. The highest BCUT2D eigenvalue weighted by Gasteiger charge is 2.32. The minimum Gasteiger partial charge on any atom is -0.493 e. The van der Waals surface area contributed by atoms with E-state index >= 15 is 0 Å². The number of benzene rings is 1. The molecule has 0 aromatic heterocycles. The first-order chi connectivity index (χ1) is 12.1. The fourth-order valence-corrected chi connectivity index (χ4v) is 3.68. The van der Waals surface area contributed by atoms with Crippen molar-refractivity contribution in [2.45, 2.75) is 38.6 Å². The zero-order chi connectivity index (χ0) is 19.9. The molecule has 0 bridgehead atoms. The van der Waals surface area contributed by atoms with Gasteiger partial charge in [0.2, 0.25) is 15.9 Å². The van der Waals surface area contributed by atoms with Gasteiger partial charge in [0.15, 0.2) is 0 Å². The van der Waals surface area contributed by atoms with Crippen molar-refractivity contribution in [1.29, 1.82) is 0 Å². The predicted molar refractivity (Wildman–Crippen MR) is 96.4 cm³/mol. The monoisotopic (exact) mass is 386 g/mol. The van der Waals surface area contributed by atoms with Gasteiger partial charge in [0, 0.05) is 20.0 Å². The molecule has 9 heteroatoms. The van der Waals surface area contributed by atoms with Crippen molar-refractivity contribution in [3.63, 3.8) is 0 Å². The lowest BCUT2D eigenvalue weighted by Gasteiger charge is -2.25. The van der Waals surface area contributed by atoms with Crippen LogP contribution in [0.4, 0.5) is 0 Å². The highest BCUT2D eigenvalue weighted by Crippen LogP contribution is 2.21. The molecule has 1 aromatic rings. The molecule has 26 heavy (non-hydrogen) atoms. The van der Waals surface area contributed by atoms with E-state index < -0.39 is 22.0 Å². The summed E-state index contributed by atoms with van der Waals surface area (Å²) in [5.41, 5.74) is 0. The van der Waals surface area contributed by atoms with Crippen LogP contribution >= 0.6 is 0 Å². The number of rotatable bonds is 10. The molecule has 1 aromatic carbocycles. The molecular formula is C17H26N2O6S. The van der Waals surface area contributed by atoms with Gasteiger partial charge in [-0.1, -0.05) is 13.8 Å². The second kappa shape index (κ2) is 9.54. The van der Waals surface area contributed by atoms with Crippen LogP contribution in [0.5, 0.6) is 5.75 Å². The number of nitrogens with one attached hydrogen (secondary N) is 1. The molecule has 0 aliphatic rings. The lowest BCUT2D eigenvalue weighted by atomic mass is 10.2. The van der Waals surface area contributed by atoms with Crippen molar-refractivity contribution in [3.05, 3.63) is 24.3 Å². The molecule has 0 saturated carbocycles. The number of ether oxygens (including phenoxy) is 1. The average molecular weight is 386 g/mol. The number of amides is 1. The van der Waals surface area contributed by atoms with Gasteiger partial charge in [-0.05, 0) is 37.1 Å². The zero-order valence-electron chi connectivity index (χ0n) is 15.4. The molecule has 0 heterocycles. The van der Waals surface area contributed by atoms with Crippen LogP contribution < -0.4 is 10.1 Å². The summed E-state index contributed by atoms with van der Waals surface area (Å²) in [5, 5.41) is 11.7. The molecule has 1 unspecified atom stereocenters. The van der Waals surface area contributed by atoms with Gasteiger partial charge in [-0.3, -0.25) is 9.59 Å². The number of nitrogens with zero attached hydrogens (tertiary/aromatic N) is 1. The Kier molecular flexibility index (Phi) is 8.04. The first-order valence-corrected chi connectivity index (χ1v) is 9.71. The maximum Gasteiger partial charge on any atom is 0.321 e. The normalized spacial score (nSPS) is 12.8. The lowest BCUT2D eigenvalue weighted by Crippen LogP contribution is -2.46. The van der Waals surface area contributed by atoms with E-state index in [9.17, 15) is 23.1 Å². The van der Waals surface area contributed by atoms with Gasteiger partial charge >= 0.3 is 5.97 Å². The molecule has 1 rings (SSSR count). The number of carboxylic acid groups (broad SMARTS) is 1. The maximum atomic E-state index is 12.8. The molecule has 0 radical (unpaired) electrons. The van der Waals surface area contributed by atoms with Crippen LogP contribution in [-0.2, 0) is 19.6 Å². The molecule has 8 nitrogen and oxygen atoms in total. The van der Waals surface area contributed by atoms with Crippen molar-refractivity contribution >= 4 is 21.9 Å². The second-order valence-electron chi connectivity index (χ2n) is 6.29. The number of carbonyl (C=O) groups is 2. The summed E-state index contributed by atoms with van der Waals surface area (Å²) >= 11 is 0. The summed E-state index contributed by atoms with van der Waals surface area (Å²) < 4.78 is 32.1. The van der Waals surface area contributed by atoms with Crippen LogP contribution in [0.15, 0.2) is 29.2 Å². The predicted octanol–water partition coefficient (Wildman–Crippen LogP) is 1.32. The summed E-state index contributed by atoms with van der Waals surface area (Å²) in [5.74, 6) is -0.724. The third-order valence-electron chi connectivity index (χ3n) is 3.51. The van der Waals surface area contributed by atoms with Crippen molar-refractivity contribution in [1.82, 2.24) is 9.62 Å². The largest absolute Gasteiger partial charge is 0.493 e. The fraction of sp³-hybridized carbons (Fsp3) is 0.529. The van der Waals surface area contributed by atoms with Gasteiger partial charge < -0.3 is 15.2 Å². The number of aliphatic carboxylic acids is 1. The fourth-order valence-electron chi connectivity index (χ4n) is 2.09. The van der Waals surface area contributed by atoms with E-state index in [-0.39, 0.29) is 23.9 Å². The van der Waals surface area contributed by atoms with Crippen molar-refractivity contribution in [3.8, 4) is 5.75 Å². The molecule has 0 aliphatic heterocycles. The van der Waals surface area contributed by atoms with E-state index in [1.165, 1.54) is 38.1 Å². The number of hydrogen-bond acceptors (Lipinski definition) is 5. The standard InChI is InChI=1S/C17H26N2O6S/c1-12(2)11-25-15-5-7-16(8-6-15)26(23,24)19(13(3)17(21)22)10-9-18-14(4)20/h5-8,12-13H,9-11H2,1-4H3,(H,18,20)(H,21,22). The first kappa shape index (κ1) is 21.9. The van der Waals surface area contributed by atoms with Crippen LogP contribution in [0.25, 0.3) is 0 Å². The molecular weight excluding hydrogens is 360 g/mol. The van der Waals surface area contributed by atoms with Gasteiger partial charge in [0.25, 0.3) is 0 Å². The molecule has 2 N–H and O–H groups in total. The number of hydrogen-bond donors (Lipinski definition) is 2. The number of sulfonamides is 1. The van der Waals surface area contributed by atoms with Gasteiger partial charge in [0.1, 0.15) is 11.8 Å². The molecule has 1 amide bonds. The molecule has 0 aliphatic carbocycles. The maximum absolute atomic E-state index is 12.8. The highest BCUT2D eigenvalue weighted by molar-refractivity contribution is 7.89. The molecule has 0 spiro atoms. The van der Waals surface area contributed by atoms with Gasteiger partial charge in [0.05, 0.1) is 11.5 Å². The Morgan fingerprint density at radius 1 is 1.19 bits per heavy atom. The van der Waals surface area contributed by atoms with Gasteiger partial charge in [-0.15, -0.1) is 0 Å². The SMILES string of the molecule is CC(=O)NCCN(C(C)C(=O)O)S(=O)(=O)c1ccc(OCC(C)C)cc1. The molecule has 146 valence electrons. The number of carbonyl (C=O) groups excluding carboxylic acids is 1. The van der Waals surface area contributed by atoms with Crippen LogP contribution in [0.2, 0.25) is 0 Å². The summed E-state index contributed by atoms with van der Waals surface area (Å²) in [6.45, 7) is 6.95.